The highest BCUT2D eigenvalue weighted by atomic mass is 16.7. The Kier molecular flexibility index (Phi) is 54.3. The highest BCUT2D eigenvalue weighted by Gasteiger charge is 2.25. The molecule has 430 valence electrons. The minimum absolute atomic E-state index is 0.175. The van der Waals surface area contributed by atoms with E-state index in [1.807, 2.05) is 21.1 Å². The zero-order valence-electron chi connectivity index (χ0n) is 49.1. The number of aliphatic carboxylic acids is 1. The van der Waals surface area contributed by atoms with Crippen LogP contribution in [0.15, 0.2) is 24.3 Å². The Hall–Kier alpha value is -2.23. The van der Waals surface area contributed by atoms with Gasteiger partial charge in [-0.3, -0.25) is 9.59 Å². The molecule has 0 amide bonds. The van der Waals surface area contributed by atoms with Gasteiger partial charge < -0.3 is 28.5 Å². The highest BCUT2D eigenvalue weighted by Crippen LogP contribution is 2.18. The van der Waals surface area contributed by atoms with Crippen LogP contribution in [0, 0.1) is 0 Å². The fourth-order valence-electron chi connectivity index (χ4n) is 9.34. The molecule has 0 aliphatic rings. The first-order valence-electron chi connectivity index (χ1n) is 31.5. The molecule has 0 bridgehead atoms. The van der Waals surface area contributed by atoms with Crippen molar-refractivity contribution in [3.8, 4) is 0 Å². The van der Waals surface area contributed by atoms with Crippen LogP contribution in [0.3, 0.4) is 0 Å². The molecule has 9 nitrogen and oxygen atoms in total. The van der Waals surface area contributed by atoms with E-state index < -0.39 is 18.4 Å². The number of ether oxygens (including phenoxy) is 4. The van der Waals surface area contributed by atoms with Crippen molar-refractivity contribution >= 4 is 17.9 Å². The molecular weight excluding hydrogens is 911 g/mol. The number of carboxylic acid groups (broad SMARTS) is 1. The quantitative estimate of drug-likeness (QED) is 0.0211. The summed E-state index contributed by atoms with van der Waals surface area (Å²) in [5.41, 5.74) is 0. The molecule has 2 unspecified atom stereocenters. The van der Waals surface area contributed by atoms with Gasteiger partial charge in [-0.25, -0.2) is 4.79 Å². The van der Waals surface area contributed by atoms with Crippen LogP contribution in [0.4, 0.5) is 0 Å². The van der Waals surface area contributed by atoms with Crippen molar-refractivity contribution in [3.63, 3.8) is 0 Å². The van der Waals surface area contributed by atoms with E-state index in [0.717, 1.165) is 44.9 Å². The van der Waals surface area contributed by atoms with Gasteiger partial charge in [0.15, 0.2) is 6.10 Å². The number of carboxylic acids is 1. The number of carbonyl (C=O) groups excluding carboxylic acids is 2. The number of quaternary nitrogens is 1. The van der Waals surface area contributed by atoms with Gasteiger partial charge >= 0.3 is 17.9 Å². The lowest BCUT2D eigenvalue weighted by Gasteiger charge is -2.25. The zero-order chi connectivity index (χ0) is 53.4. The lowest BCUT2D eigenvalue weighted by molar-refractivity contribution is -0.870. The van der Waals surface area contributed by atoms with Gasteiger partial charge in [0.1, 0.15) is 13.2 Å². The number of hydrogen-bond acceptors (Lipinski definition) is 7. The molecule has 0 radical (unpaired) electrons. The second-order valence-corrected chi connectivity index (χ2v) is 22.7. The third kappa shape index (κ3) is 57.3. The number of allylic oxidation sites excluding steroid dienone is 4. The SMILES string of the molecule is CCCCCCC/C=C\C/C=C\CCCCCCCCCCCCCCCCCCCCCCCCCCCCCC(=O)OC(COC(=O)CCCCCCCCCCC)COC(OCC[N+](C)(C)C)C(=O)O. The summed E-state index contributed by atoms with van der Waals surface area (Å²) in [7, 11) is 5.97. The topological polar surface area (TPSA) is 108 Å². The van der Waals surface area contributed by atoms with E-state index in [4.69, 9.17) is 18.9 Å². The van der Waals surface area contributed by atoms with Gasteiger partial charge in [-0.2, -0.15) is 0 Å². The number of nitrogens with zero attached hydrogens (tertiary/aromatic N) is 1. The second-order valence-electron chi connectivity index (χ2n) is 22.7. The summed E-state index contributed by atoms with van der Waals surface area (Å²) in [6.45, 7) is 4.88. The average molecular weight is 1030 g/mol. The number of hydrogen-bond donors (Lipinski definition) is 1. The number of rotatable bonds is 59. The zero-order valence-corrected chi connectivity index (χ0v) is 49.1. The van der Waals surface area contributed by atoms with Gasteiger partial charge in [-0.15, -0.1) is 0 Å². The number of esters is 2. The van der Waals surface area contributed by atoms with Crippen LogP contribution >= 0.6 is 0 Å². The van der Waals surface area contributed by atoms with Crippen LogP contribution in [0.5, 0.6) is 0 Å². The van der Waals surface area contributed by atoms with E-state index in [0.29, 0.717) is 17.4 Å². The third-order valence-corrected chi connectivity index (χ3v) is 14.2. The first-order chi connectivity index (χ1) is 35.6. The van der Waals surface area contributed by atoms with Crippen molar-refractivity contribution in [2.75, 3.05) is 47.5 Å². The fraction of sp³-hybridized carbons (Fsp3) is 0.891. The van der Waals surface area contributed by atoms with Crippen LogP contribution in [-0.2, 0) is 33.3 Å². The molecule has 0 saturated carbocycles. The van der Waals surface area contributed by atoms with Crippen molar-refractivity contribution in [2.45, 2.75) is 322 Å². The number of likely N-dealkylation sites (N-methyl/N-ethyl adjacent to an activating group) is 1. The molecule has 9 heteroatoms. The Balaban J connectivity index is 3.84. The maximum Gasteiger partial charge on any atom is 0.361 e. The smallest absolute Gasteiger partial charge is 0.361 e. The molecule has 1 N–H and O–H groups in total. The molecule has 0 heterocycles. The molecule has 0 aliphatic heterocycles. The largest absolute Gasteiger partial charge is 0.477 e. The van der Waals surface area contributed by atoms with Crippen molar-refractivity contribution in [1.29, 1.82) is 0 Å². The van der Waals surface area contributed by atoms with E-state index in [-0.39, 0.29) is 38.2 Å². The molecule has 0 fully saturated rings. The Labute approximate surface area is 452 Å². The van der Waals surface area contributed by atoms with E-state index >= 15 is 0 Å². The summed E-state index contributed by atoms with van der Waals surface area (Å²) in [4.78, 5) is 37.2. The maximum absolute atomic E-state index is 12.8. The van der Waals surface area contributed by atoms with Gasteiger partial charge in [0, 0.05) is 12.8 Å². The van der Waals surface area contributed by atoms with Gasteiger partial charge in [0.2, 0.25) is 0 Å². The van der Waals surface area contributed by atoms with Crippen LogP contribution in [0.25, 0.3) is 0 Å². The molecular formula is C64H122NO8+. The van der Waals surface area contributed by atoms with Crippen LogP contribution in [-0.4, -0.2) is 87.4 Å². The summed E-state index contributed by atoms with van der Waals surface area (Å²) in [6, 6.07) is 0. The van der Waals surface area contributed by atoms with Gasteiger partial charge in [0.05, 0.1) is 34.4 Å². The highest BCUT2D eigenvalue weighted by molar-refractivity contribution is 5.71. The molecule has 0 aliphatic carbocycles. The summed E-state index contributed by atoms with van der Waals surface area (Å²) in [5, 5.41) is 9.67. The maximum atomic E-state index is 12.8. The van der Waals surface area contributed by atoms with Crippen molar-refractivity contribution in [2.24, 2.45) is 0 Å². The number of carbonyl (C=O) groups is 3. The average Bonchev–Trinajstić information content (AvgIpc) is 3.36. The minimum atomic E-state index is -1.50. The molecule has 0 aromatic heterocycles. The van der Waals surface area contributed by atoms with E-state index in [1.54, 1.807) is 0 Å². The van der Waals surface area contributed by atoms with E-state index in [1.165, 1.54) is 238 Å². The normalized spacial score (nSPS) is 12.8. The summed E-state index contributed by atoms with van der Waals surface area (Å²) < 4.78 is 22.8. The Morgan fingerprint density at radius 1 is 0.411 bits per heavy atom. The van der Waals surface area contributed by atoms with Crippen molar-refractivity contribution in [1.82, 2.24) is 0 Å². The predicted molar refractivity (Wildman–Crippen MR) is 309 cm³/mol. The molecule has 0 spiro atoms. The van der Waals surface area contributed by atoms with Gasteiger partial charge in [0.25, 0.3) is 6.29 Å². The first kappa shape index (κ1) is 70.8. The Bertz CT molecular complexity index is 1250. The molecule has 73 heavy (non-hydrogen) atoms. The van der Waals surface area contributed by atoms with Gasteiger partial charge in [-0.05, 0) is 44.9 Å². The first-order valence-corrected chi connectivity index (χ1v) is 31.5. The molecule has 0 aromatic carbocycles. The molecule has 0 aromatic rings. The Morgan fingerprint density at radius 2 is 0.740 bits per heavy atom. The van der Waals surface area contributed by atoms with Crippen molar-refractivity contribution < 1.29 is 42.9 Å². The summed E-state index contributed by atoms with van der Waals surface area (Å²) in [6.07, 6.45) is 64.6. The fourth-order valence-corrected chi connectivity index (χ4v) is 9.34. The minimum Gasteiger partial charge on any atom is -0.477 e. The molecule has 0 rings (SSSR count). The lowest BCUT2D eigenvalue weighted by Crippen LogP contribution is -2.40. The number of unbranched alkanes of at least 4 members (excludes halogenated alkanes) is 40. The van der Waals surface area contributed by atoms with Crippen LogP contribution < -0.4 is 0 Å². The van der Waals surface area contributed by atoms with Crippen molar-refractivity contribution in [3.05, 3.63) is 24.3 Å². The second kappa shape index (κ2) is 56.0. The standard InChI is InChI=1S/C64H121NO8/c1-6-8-10-12-14-16-17-18-19-20-21-22-23-24-25-26-27-28-29-30-31-32-33-34-35-36-37-38-39-40-41-42-43-44-45-47-49-51-53-55-62(67)73-60(59-72-64(63(68)69)70-57-56-65(3,4)5)58-71-61(66)54-52-50-48-46-15-13-11-9-7-2/h17-18,20-21,60,64H,6-16,19,22-59H2,1-5H3/p+1/b18-17-,21-20-. The summed E-state index contributed by atoms with van der Waals surface area (Å²) in [5.74, 6) is -1.99. The molecule has 2 atom stereocenters. The van der Waals surface area contributed by atoms with Crippen LogP contribution in [0.2, 0.25) is 0 Å². The lowest BCUT2D eigenvalue weighted by atomic mass is 10.0. The molecule has 0 saturated heterocycles. The summed E-state index contributed by atoms with van der Waals surface area (Å²) >= 11 is 0. The predicted octanol–water partition coefficient (Wildman–Crippen LogP) is 18.7. The van der Waals surface area contributed by atoms with Crippen LogP contribution in [0.1, 0.15) is 309 Å². The monoisotopic (exact) mass is 1030 g/mol. The Morgan fingerprint density at radius 3 is 1.08 bits per heavy atom. The van der Waals surface area contributed by atoms with E-state index in [2.05, 4.69) is 38.2 Å². The van der Waals surface area contributed by atoms with Gasteiger partial charge in [-0.1, -0.05) is 276 Å². The third-order valence-electron chi connectivity index (χ3n) is 14.2. The van der Waals surface area contributed by atoms with E-state index in [9.17, 15) is 19.5 Å².